The van der Waals surface area contributed by atoms with Crippen LogP contribution in [0.25, 0.3) is 0 Å². The Morgan fingerprint density at radius 3 is 2.60 bits per heavy atom. The lowest BCUT2D eigenvalue weighted by Gasteiger charge is -2.06. The zero-order chi connectivity index (χ0) is 9.80. The van der Waals surface area contributed by atoms with E-state index in [1.165, 1.54) is 5.56 Å². The van der Waals surface area contributed by atoms with Crippen molar-refractivity contribution in [2.24, 2.45) is 5.73 Å². The van der Waals surface area contributed by atoms with Gasteiger partial charge in [-0.05, 0) is 12.0 Å². The van der Waals surface area contributed by atoms with Crippen LogP contribution in [0, 0.1) is 0 Å². The third kappa shape index (κ3) is 3.08. The van der Waals surface area contributed by atoms with Crippen molar-refractivity contribution < 1.29 is 4.42 Å². The largest absolute Gasteiger partial charge is 0.447 e. The second-order valence-electron chi connectivity index (χ2n) is 3.17. The van der Waals surface area contributed by atoms with Crippen molar-refractivity contribution in [2.75, 3.05) is 0 Å². The summed E-state index contributed by atoms with van der Waals surface area (Å²) in [5.41, 5.74) is 7.11. The minimum Gasteiger partial charge on any atom is -0.447 e. The summed E-state index contributed by atoms with van der Waals surface area (Å²) in [6.07, 6.45) is 3.90. The lowest BCUT2D eigenvalue weighted by molar-refractivity contribution is 0.448. The Morgan fingerprint density at radius 2 is 2.00 bits per heavy atom. The summed E-state index contributed by atoms with van der Waals surface area (Å²) >= 11 is 0. The standard InChI is InChI=1S/C11H12N2O.ClH/c12-10(11-13-6-7-14-11)8-9-4-2-1-3-5-9;/h1-7,10H,8,12H2;1H. The van der Waals surface area contributed by atoms with E-state index >= 15 is 0 Å². The lowest BCUT2D eigenvalue weighted by Crippen LogP contribution is -2.13. The van der Waals surface area contributed by atoms with Gasteiger partial charge in [-0.1, -0.05) is 30.3 Å². The lowest BCUT2D eigenvalue weighted by atomic mass is 10.1. The van der Waals surface area contributed by atoms with Crippen LogP contribution in [-0.4, -0.2) is 4.98 Å². The molecule has 15 heavy (non-hydrogen) atoms. The smallest absolute Gasteiger partial charge is 0.211 e. The summed E-state index contributed by atoms with van der Waals surface area (Å²) in [5.74, 6) is 0.592. The molecule has 0 saturated carbocycles. The molecule has 1 aromatic carbocycles. The van der Waals surface area contributed by atoms with Gasteiger partial charge in [-0.15, -0.1) is 12.4 Å². The molecule has 3 nitrogen and oxygen atoms in total. The molecule has 0 saturated heterocycles. The molecule has 0 aliphatic rings. The Balaban J connectivity index is 0.00000112. The van der Waals surface area contributed by atoms with Gasteiger partial charge in [0.2, 0.25) is 5.89 Å². The van der Waals surface area contributed by atoms with E-state index in [4.69, 9.17) is 10.2 Å². The van der Waals surface area contributed by atoms with Gasteiger partial charge in [0.05, 0.1) is 12.2 Å². The number of hydrogen-bond acceptors (Lipinski definition) is 3. The second-order valence-corrected chi connectivity index (χ2v) is 3.17. The Labute approximate surface area is 94.7 Å². The van der Waals surface area contributed by atoms with Gasteiger partial charge in [0.25, 0.3) is 0 Å². The average molecular weight is 225 g/mol. The SMILES string of the molecule is Cl.NC(Cc1ccccc1)c1ncco1. The quantitative estimate of drug-likeness (QED) is 0.871. The number of nitrogens with two attached hydrogens (primary N) is 1. The van der Waals surface area contributed by atoms with Crippen LogP contribution >= 0.6 is 12.4 Å². The minimum absolute atomic E-state index is 0. The number of benzene rings is 1. The van der Waals surface area contributed by atoms with Crippen molar-refractivity contribution in [2.45, 2.75) is 12.5 Å². The van der Waals surface area contributed by atoms with Crippen LogP contribution in [0.3, 0.4) is 0 Å². The molecule has 1 unspecified atom stereocenters. The summed E-state index contributed by atoms with van der Waals surface area (Å²) in [5, 5.41) is 0. The number of oxazole rings is 1. The van der Waals surface area contributed by atoms with Gasteiger partial charge in [-0.2, -0.15) is 0 Å². The van der Waals surface area contributed by atoms with Gasteiger partial charge < -0.3 is 10.2 Å². The second kappa shape index (κ2) is 5.53. The Morgan fingerprint density at radius 1 is 1.27 bits per heavy atom. The summed E-state index contributed by atoms with van der Waals surface area (Å²) in [4.78, 5) is 4.02. The van der Waals surface area contributed by atoms with Crippen molar-refractivity contribution in [3.8, 4) is 0 Å². The van der Waals surface area contributed by atoms with Crippen LogP contribution in [0.15, 0.2) is 47.2 Å². The minimum atomic E-state index is -0.160. The van der Waals surface area contributed by atoms with Crippen molar-refractivity contribution >= 4 is 12.4 Å². The third-order valence-electron chi connectivity index (χ3n) is 2.07. The van der Waals surface area contributed by atoms with Crippen LogP contribution in [0.1, 0.15) is 17.5 Å². The zero-order valence-corrected chi connectivity index (χ0v) is 8.98. The first-order valence-electron chi connectivity index (χ1n) is 4.55. The molecule has 1 aromatic heterocycles. The first-order valence-corrected chi connectivity index (χ1v) is 4.55. The molecule has 0 amide bonds. The highest BCUT2D eigenvalue weighted by Crippen LogP contribution is 2.13. The van der Waals surface area contributed by atoms with Gasteiger partial charge in [0.1, 0.15) is 6.26 Å². The normalized spacial score (nSPS) is 11.8. The van der Waals surface area contributed by atoms with Crippen molar-refractivity contribution in [1.82, 2.24) is 4.98 Å². The average Bonchev–Trinajstić information content (AvgIpc) is 2.72. The fourth-order valence-corrected chi connectivity index (χ4v) is 1.37. The molecular weight excluding hydrogens is 212 g/mol. The van der Waals surface area contributed by atoms with Gasteiger partial charge in [-0.3, -0.25) is 0 Å². The van der Waals surface area contributed by atoms with E-state index in [-0.39, 0.29) is 18.4 Å². The number of aromatic nitrogens is 1. The topological polar surface area (TPSA) is 52.0 Å². The fraction of sp³-hybridized carbons (Fsp3) is 0.182. The van der Waals surface area contributed by atoms with E-state index in [1.807, 2.05) is 30.3 Å². The molecule has 1 heterocycles. The maximum Gasteiger partial charge on any atom is 0.211 e. The van der Waals surface area contributed by atoms with Gasteiger partial charge in [-0.25, -0.2) is 4.98 Å². The van der Waals surface area contributed by atoms with E-state index in [9.17, 15) is 0 Å². The number of halogens is 1. The van der Waals surface area contributed by atoms with Crippen molar-refractivity contribution in [3.05, 3.63) is 54.2 Å². The van der Waals surface area contributed by atoms with Crippen LogP contribution in [0.4, 0.5) is 0 Å². The molecule has 2 N–H and O–H groups in total. The van der Waals surface area contributed by atoms with E-state index < -0.39 is 0 Å². The number of hydrogen-bond donors (Lipinski definition) is 1. The predicted octanol–water partition coefficient (Wildman–Crippen LogP) is 2.34. The monoisotopic (exact) mass is 224 g/mol. The predicted molar refractivity (Wildman–Crippen MR) is 60.8 cm³/mol. The van der Waals surface area contributed by atoms with Crippen LogP contribution < -0.4 is 5.73 Å². The molecule has 0 fully saturated rings. The highest BCUT2D eigenvalue weighted by molar-refractivity contribution is 5.85. The Bertz CT molecular complexity index is 375. The highest BCUT2D eigenvalue weighted by Gasteiger charge is 2.10. The Kier molecular flexibility index (Phi) is 4.34. The molecule has 0 aliphatic carbocycles. The summed E-state index contributed by atoms with van der Waals surface area (Å²) in [7, 11) is 0. The third-order valence-corrected chi connectivity index (χ3v) is 2.07. The van der Waals surface area contributed by atoms with E-state index in [0.29, 0.717) is 5.89 Å². The highest BCUT2D eigenvalue weighted by atomic mass is 35.5. The maximum atomic E-state index is 5.92. The number of rotatable bonds is 3. The van der Waals surface area contributed by atoms with Gasteiger partial charge in [0.15, 0.2) is 0 Å². The Hall–Kier alpha value is -1.32. The van der Waals surface area contributed by atoms with E-state index in [1.54, 1.807) is 12.5 Å². The van der Waals surface area contributed by atoms with Crippen molar-refractivity contribution in [1.29, 1.82) is 0 Å². The van der Waals surface area contributed by atoms with Crippen LogP contribution in [0.5, 0.6) is 0 Å². The molecule has 2 aromatic rings. The molecule has 0 aliphatic heterocycles. The first-order chi connectivity index (χ1) is 6.86. The first kappa shape index (κ1) is 11.8. The van der Waals surface area contributed by atoms with Gasteiger partial charge >= 0.3 is 0 Å². The van der Waals surface area contributed by atoms with E-state index in [2.05, 4.69) is 4.98 Å². The maximum absolute atomic E-state index is 5.92. The molecule has 80 valence electrons. The van der Waals surface area contributed by atoms with Gasteiger partial charge in [0, 0.05) is 0 Å². The summed E-state index contributed by atoms with van der Waals surface area (Å²) in [6, 6.07) is 9.91. The zero-order valence-electron chi connectivity index (χ0n) is 8.17. The summed E-state index contributed by atoms with van der Waals surface area (Å²) < 4.78 is 5.13. The number of nitrogens with zero attached hydrogens (tertiary/aromatic N) is 1. The molecule has 0 spiro atoms. The molecule has 4 heteroatoms. The molecule has 1 atom stereocenters. The summed E-state index contributed by atoms with van der Waals surface area (Å²) in [6.45, 7) is 0. The molecule has 0 bridgehead atoms. The van der Waals surface area contributed by atoms with E-state index in [0.717, 1.165) is 6.42 Å². The van der Waals surface area contributed by atoms with Crippen LogP contribution in [-0.2, 0) is 6.42 Å². The molecule has 2 rings (SSSR count). The van der Waals surface area contributed by atoms with Crippen molar-refractivity contribution in [3.63, 3.8) is 0 Å². The fourth-order valence-electron chi connectivity index (χ4n) is 1.37. The van der Waals surface area contributed by atoms with Crippen LogP contribution in [0.2, 0.25) is 0 Å². The molecular formula is C11H13ClN2O. The molecule has 0 radical (unpaired) electrons.